The molecule has 1 atom stereocenters. The fourth-order valence-electron chi connectivity index (χ4n) is 5.17. The van der Waals surface area contributed by atoms with E-state index in [0.717, 1.165) is 31.9 Å². The fourth-order valence-corrected chi connectivity index (χ4v) is 6.20. The minimum absolute atomic E-state index is 0.0587. The highest BCUT2D eigenvalue weighted by atomic mass is 32.1. The number of ether oxygens (including phenoxy) is 2. The lowest BCUT2D eigenvalue weighted by Crippen LogP contribution is -2.44. The number of nitro benzene ring substituents is 1. The summed E-state index contributed by atoms with van der Waals surface area (Å²) in [5.41, 5.74) is 2.38. The van der Waals surface area contributed by atoms with Gasteiger partial charge in [-0.2, -0.15) is 0 Å². The summed E-state index contributed by atoms with van der Waals surface area (Å²) in [6.07, 6.45) is 1.69. The lowest BCUT2D eigenvalue weighted by Gasteiger charge is -2.34. The summed E-state index contributed by atoms with van der Waals surface area (Å²) in [4.78, 5) is 47.8. The number of esters is 1. The van der Waals surface area contributed by atoms with E-state index in [9.17, 15) is 19.7 Å². The zero-order valence-corrected chi connectivity index (χ0v) is 24.1. The van der Waals surface area contributed by atoms with Gasteiger partial charge in [-0.1, -0.05) is 23.5 Å². The second-order valence-electron chi connectivity index (χ2n) is 9.87. The number of carbonyl (C=O) groups excluding carboxylic acids is 1. The molecule has 2 aromatic carbocycles. The SMILES string of the molecule is CCOC(=O)C1=C(C)N=c2s/c(=C/c3cc([N+](=O)[O-])ccc3N3CCN(C)CC3)c(=O)n2C1c1cccc(OC)c1. The van der Waals surface area contributed by atoms with Crippen LogP contribution in [0.15, 0.2) is 63.5 Å². The summed E-state index contributed by atoms with van der Waals surface area (Å²) in [7, 11) is 3.61. The van der Waals surface area contributed by atoms with Crippen LogP contribution in [0, 0.1) is 10.1 Å². The monoisotopic (exact) mass is 577 g/mol. The first kappa shape index (κ1) is 28.2. The number of fused-ring (bicyclic) bond motifs is 1. The molecular weight excluding hydrogens is 546 g/mol. The van der Waals surface area contributed by atoms with Crippen molar-refractivity contribution in [1.82, 2.24) is 9.47 Å². The van der Waals surface area contributed by atoms with Crippen molar-refractivity contribution in [1.29, 1.82) is 0 Å². The number of benzene rings is 2. The summed E-state index contributed by atoms with van der Waals surface area (Å²) in [6.45, 7) is 6.85. The predicted molar refractivity (Wildman–Crippen MR) is 156 cm³/mol. The Morgan fingerprint density at radius 2 is 1.95 bits per heavy atom. The molecule has 3 aromatic rings. The van der Waals surface area contributed by atoms with Gasteiger partial charge >= 0.3 is 5.97 Å². The number of methoxy groups -OCH3 is 1. The summed E-state index contributed by atoms with van der Waals surface area (Å²) in [5, 5.41) is 11.6. The average Bonchev–Trinajstić information content (AvgIpc) is 3.26. The molecule has 2 aliphatic rings. The summed E-state index contributed by atoms with van der Waals surface area (Å²) in [5.74, 6) is 0.0304. The van der Waals surface area contributed by atoms with Gasteiger partial charge in [-0.3, -0.25) is 19.5 Å². The number of hydrogen-bond acceptors (Lipinski definition) is 10. The van der Waals surface area contributed by atoms with Crippen LogP contribution in [0.5, 0.6) is 5.75 Å². The number of nitro groups is 1. The normalized spacial score (nSPS) is 17.7. The van der Waals surface area contributed by atoms with E-state index in [1.165, 1.54) is 28.0 Å². The largest absolute Gasteiger partial charge is 0.497 e. The molecule has 0 saturated carbocycles. The molecule has 2 aliphatic heterocycles. The number of rotatable bonds is 7. The van der Waals surface area contributed by atoms with Crippen LogP contribution in [0.2, 0.25) is 0 Å². The van der Waals surface area contributed by atoms with Crippen LogP contribution in [-0.2, 0) is 9.53 Å². The van der Waals surface area contributed by atoms with Crippen molar-refractivity contribution in [2.75, 3.05) is 51.8 Å². The van der Waals surface area contributed by atoms with E-state index < -0.39 is 16.9 Å². The first-order chi connectivity index (χ1) is 19.7. The molecule has 0 N–H and O–H groups in total. The third-order valence-electron chi connectivity index (χ3n) is 7.28. The Kier molecular flexibility index (Phi) is 8.04. The van der Waals surface area contributed by atoms with Gasteiger partial charge in [0.1, 0.15) is 5.75 Å². The molecule has 41 heavy (non-hydrogen) atoms. The number of non-ortho nitro benzene ring substituents is 1. The van der Waals surface area contributed by atoms with Gasteiger partial charge in [-0.25, -0.2) is 9.79 Å². The number of hydrogen-bond donors (Lipinski definition) is 0. The maximum atomic E-state index is 14.1. The number of thiazole rings is 1. The Balaban J connectivity index is 1.71. The Hall–Kier alpha value is -4.29. The van der Waals surface area contributed by atoms with E-state index in [2.05, 4.69) is 21.8 Å². The Morgan fingerprint density at radius 3 is 2.63 bits per heavy atom. The van der Waals surface area contributed by atoms with Gasteiger partial charge in [0, 0.05) is 49.6 Å². The Morgan fingerprint density at radius 1 is 1.20 bits per heavy atom. The smallest absolute Gasteiger partial charge is 0.338 e. The lowest BCUT2D eigenvalue weighted by molar-refractivity contribution is -0.384. The van der Waals surface area contributed by atoms with Crippen LogP contribution in [-0.4, -0.2) is 67.3 Å². The molecule has 0 amide bonds. The highest BCUT2D eigenvalue weighted by Gasteiger charge is 2.33. The molecule has 1 fully saturated rings. The fraction of sp³-hybridized carbons (Fsp3) is 0.345. The third kappa shape index (κ3) is 5.52. The Bertz CT molecular complexity index is 1720. The van der Waals surface area contributed by atoms with Crippen LogP contribution < -0.4 is 24.5 Å². The molecule has 1 aromatic heterocycles. The van der Waals surface area contributed by atoms with E-state index in [1.807, 2.05) is 6.07 Å². The van der Waals surface area contributed by atoms with Crippen molar-refractivity contribution in [3.8, 4) is 5.75 Å². The van der Waals surface area contributed by atoms with Crippen LogP contribution in [0.25, 0.3) is 6.08 Å². The van der Waals surface area contributed by atoms with E-state index >= 15 is 0 Å². The summed E-state index contributed by atoms with van der Waals surface area (Å²) < 4.78 is 12.6. The predicted octanol–water partition coefficient (Wildman–Crippen LogP) is 2.47. The van der Waals surface area contributed by atoms with Crippen LogP contribution >= 0.6 is 11.3 Å². The maximum absolute atomic E-state index is 14.1. The van der Waals surface area contributed by atoms with Crippen LogP contribution in [0.4, 0.5) is 11.4 Å². The molecule has 0 bridgehead atoms. The van der Waals surface area contributed by atoms with Gasteiger partial charge in [0.05, 0.1) is 40.5 Å². The number of likely N-dealkylation sites (N-methyl/N-ethyl adjacent to an activating group) is 1. The topological polar surface area (TPSA) is 120 Å². The van der Waals surface area contributed by atoms with Crippen LogP contribution in [0.3, 0.4) is 0 Å². The summed E-state index contributed by atoms with van der Waals surface area (Å²) in [6, 6.07) is 11.1. The van der Waals surface area contributed by atoms with E-state index in [4.69, 9.17) is 9.47 Å². The van der Waals surface area contributed by atoms with Gasteiger partial charge in [0.15, 0.2) is 4.80 Å². The zero-order chi connectivity index (χ0) is 29.3. The van der Waals surface area contributed by atoms with Crippen LogP contribution in [0.1, 0.15) is 31.0 Å². The van der Waals surface area contributed by atoms with Crippen molar-refractivity contribution >= 4 is 34.8 Å². The van der Waals surface area contributed by atoms with Crippen molar-refractivity contribution < 1.29 is 19.2 Å². The van der Waals surface area contributed by atoms with Gasteiger partial charge in [0.25, 0.3) is 11.2 Å². The molecule has 3 heterocycles. The van der Waals surface area contributed by atoms with Crippen molar-refractivity contribution in [2.24, 2.45) is 4.99 Å². The minimum Gasteiger partial charge on any atom is -0.497 e. The second kappa shape index (κ2) is 11.7. The average molecular weight is 578 g/mol. The number of aromatic nitrogens is 1. The van der Waals surface area contributed by atoms with Gasteiger partial charge in [-0.05, 0) is 50.7 Å². The molecule has 1 unspecified atom stereocenters. The second-order valence-corrected chi connectivity index (χ2v) is 10.9. The lowest BCUT2D eigenvalue weighted by atomic mass is 9.95. The molecule has 12 heteroatoms. The van der Waals surface area contributed by atoms with Gasteiger partial charge < -0.3 is 19.3 Å². The number of anilines is 1. The van der Waals surface area contributed by atoms with Gasteiger partial charge in [0.2, 0.25) is 0 Å². The third-order valence-corrected chi connectivity index (χ3v) is 8.26. The summed E-state index contributed by atoms with van der Waals surface area (Å²) >= 11 is 1.18. The van der Waals surface area contributed by atoms with E-state index in [-0.39, 0.29) is 23.4 Å². The van der Waals surface area contributed by atoms with E-state index in [0.29, 0.717) is 31.9 Å². The standard InChI is InChI=1S/C29H31N5O6S/c1-5-40-28(36)25-18(2)30-29-33(26(25)19-7-6-8-22(16-19)39-4)27(35)24(41-29)17-20-15-21(34(37)38)9-10-23(20)32-13-11-31(3)12-14-32/h6-10,15-17,26H,5,11-14H2,1-4H3/b24-17+. The molecular formula is C29H31N5O6S. The first-order valence-electron chi connectivity index (χ1n) is 13.3. The minimum atomic E-state index is -0.787. The quantitative estimate of drug-likeness (QED) is 0.239. The van der Waals surface area contributed by atoms with Crippen molar-refractivity contribution in [3.05, 3.63) is 94.7 Å². The zero-order valence-electron chi connectivity index (χ0n) is 23.3. The molecule has 5 rings (SSSR count). The number of allylic oxidation sites excluding steroid dienone is 1. The number of nitrogens with zero attached hydrogens (tertiary/aromatic N) is 5. The molecule has 214 valence electrons. The number of carbonyl (C=O) groups is 1. The van der Waals surface area contributed by atoms with E-state index in [1.54, 1.807) is 51.3 Å². The molecule has 0 aliphatic carbocycles. The first-order valence-corrected chi connectivity index (χ1v) is 14.1. The van der Waals surface area contributed by atoms with Gasteiger partial charge in [-0.15, -0.1) is 0 Å². The van der Waals surface area contributed by atoms with Crippen molar-refractivity contribution in [3.63, 3.8) is 0 Å². The molecule has 1 saturated heterocycles. The Labute approximate surface area is 240 Å². The van der Waals surface area contributed by atoms with Crippen molar-refractivity contribution in [2.45, 2.75) is 19.9 Å². The molecule has 0 radical (unpaired) electrons. The highest BCUT2D eigenvalue weighted by molar-refractivity contribution is 7.07. The molecule has 0 spiro atoms. The number of piperazine rings is 1. The maximum Gasteiger partial charge on any atom is 0.338 e. The molecule has 11 nitrogen and oxygen atoms in total. The highest BCUT2D eigenvalue weighted by Crippen LogP contribution is 2.32.